The van der Waals surface area contributed by atoms with Crippen molar-refractivity contribution in [3.05, 3.63) is 23.9 Å². The standard InChI is InChI=1S/C12H18BNO2/c1-9-7-6-8-10(14-9)13-15-11(2,3)12(4,5)16-13/h6-8H,1-5H3. The SMILES string of the molecule is Cc1cccc(B2OC(C)(C)C(C)(C)O2)n1. The Balaban J connectivity index is 2.27. The molecule has 1 fully saturated rings. The van der Waals surface area contributed by atoms with Crippen LogP contribution in [0.1, 0.15) is 33.4 Å². The molecule has 4 heteroatoms. The van der Waals surface area contributed by atoms with Crippen LogP contribution in [0.25, 0.3) is 0 Å². The minimum absolute atomic E-state index is 0.302. The summed E-state index contributed by atoms with van der Waals surface area (Å²) in [4.78, 5) is 4.44. The van der Waals surface area contributed by atoms with Crippen LogP contribution in [-0.4, -0.2) is 23.3 Å². The van der Waals surface area contributed by atoms with Gasteiger partial charge in [-0.3, -0.25) is 4.98 Å². The van der Waals surface area contributed by atoms with Gasteiger partial charge in [0.05, 0.1) is 16.8 Å². The summed E-state index contributed by atoms with van der Waals surface area (Å²) < 4.78 is 11.8. The Hall–Kier alpha value is -0.865. The Morgan fingerprint density at radius 2 is 1.62 bits per heavy atom. The van der Waals surface area contributed by atoms with Gasteiger partial charge in [0.25, 0.3) is 0 Å². The van der Waals surface area contributed by atoms with Crippen molar-refractivity contribution >= 4 is 12.7 Å². The highest BCUT2D eigenvalue weighted by Crippen LogP contribution is 2.36. The fourth-order valence-corrected chi connectivity index (χ4v) is 1.66. The number of hydrogen-bond acceptors (Lipinski definition) is 3. The third-order valence-electron chi connectivity index (χ3n) is 3.40. The van der Waals surface area contributed by atoms with Crippen LogP contribution in [0.2, 0.25) is 0 Å². The fraction of sp³-hybridized carbons (Fsp3) is 0.583. The quantitative estimate of drug-likeness (QED) is 0.673. The summed E-state index contributed by atoms with van der Waals surface area (Å²) in [5, 5.41) is 0. The molecule has 16 heavy (non-hydrogen) atoms. The third kappa shape index (κ3) is 1.87. The molecule has 2 heterocycles. The molecule has 0 aliphatic carbocycles. The number of aryl methyl sites for hydroxylation is 1. The van der Waals surface area contributed by atoms with Gasteiger partial charge in [0, 0.05) is 5.69 Å². The van der Waals surface area contributed by atoms with Gasteiger partial charge in [-0.25, -0.2) is 0 Å². The topological polar surface area (TPSA) is 31.4 Å². The predicted octanol–water partition coefficient (Wildman–Crippen LogP) is 1.69. The lowest BCUT2D eigenvalue weighted by atomic mass is 9.84. The Morgan fingerprint density at radius 3 is 2.12 bits per heavy atom. The van der Waals surface area contributed by atoms with Crippen LogP contribution in [-0.2, 0) is 9.31 Å². The van der Waals surface area contributed by atoms with Crippen molar-refractivity contribution in [3.63, 3.8) is 0 Å². The molecule has 0 atom stereocenters. The van der Waals surface area contributed by atoms with Crippen LogP contribution in [0.3, 0.4) is 0 Å². The van der Waals surface area contributed by atoms with E-state index >= 15 is 0 Å². The fourth-order valence-electron chi connectivity index (χ4n) is 1.66. The van der Waals surface area contributed by atoms with Gasteiger partial charge in [-0.05, 0) is 46.8 Å². The maximum atomic E-state index is 5.92. The Bertz CT molecular complexity index is 388. The minimum atomic E-state index is -0.357. The average Bonchev–Trinajstić information content (AvgIpc) is 2.36. The zero-order valence-corrected chi connectivity index (χ0v) is 10.6. The van der Waals surface area contributed by atoms with Gasteiger partial charge in [-0.2, -0.15) is 0 Å². The lowest BCUT2D eigenvalue weighted by molar-refractivity contribution is 0.00578. The molecular formula is C12H18BNO2. The van der Waals surface area contributed by atoms with Gasteiger partial charge in [0.2, 0.25) is 0 Å². The van der Waals surface area contributed by atoms with Crippen LogP contribution < -0.4 is 5.59 Å². The average molecular weight is 219 g/mol. The summed E-state index contributed by atoms with van der Waals surface area (Å²) in [5.41, 5.74) is 1.22. The van der Waals surface area contributed by atoms with Crippen LogP contribution >= 0.6 is 0 Å². The number of rotatable bonds is 1. The maximum absolute atomic E-state index is 5.92. The summed E-state index contributed by atoms with van der Waals surface area (Å²) in [5.74, 6) is 0. The van der Waals surface area contributed by atoms with E-state index in [1.54, 1.807) is 0 Å². The van der Waals surface area contributed by atoms with Crippen LogP contribution in [0.5, 0.6) is 0 Å². The van der Waals surface area contributed by atoms with Gasteiger partial charge in [-0.1, -0.05) is 6.07 Å². The van der Waals surface area contributed by atoms with E-state index in [-0.39, 0.29) is 18.3 Å². The molecule has 0 aromatic carbocycles. The Morgan fingerprint density at radius 1 is 1.06 bits per heavy atom. The second-order valence-corrected chi connectivity index (χ2v) is 5.29. The lowest BCUT2D eigenvalue weighted by Gasteiger charge is -2.32. The van der Waals surface area contributed by atoms with E-state index in [2.05, 4.69) is 4.98 Å². The molecule has 0 saturated carbocycles. The predicted molar refractivity (Wildman–Crippen MR) is 64.7 cm³/mol. The highest BCUT2D eigenvalue weighted by molar-refractivity contribution is 6.61. The van der Waals surface area contributed by atoms with E-state index in [1.807, 2.05) is 52.8 Å². The summed E-state index contributed by atoms with van der Waals surface area (Å²) >= 11 is 0. The first-order chi connectivity index (χ1) is 7.32. The maximum Gasteiger partial charge on any atom is 0.514 e. The lowest BCUT2D eigenvalue weighted by Crippen LogP contribution is -2.41. The van der Waals surface area contributed by atoms with E-state index in [1.165, 1.54) is 0 Å². The van der Waals surface area contributed by atoms with Gasteiger partial charge in [0.1, 0.15) is 0 Å². The summed E-state index contributed by atoms with van der Waals surface area (Å²) in [6, 6.07) is 5.88. The Labute approximate surface area is 97.3 Å². The molecule has 1 aliphatic heterocycles. The van der Waals surface area contributed by atoms with E-state index in [9.17, 15) is 0 Å². The van der Waals surface area contributed by atoms with E-state index < -0.39 is 0 Å². The third-order valence-corrected chi connectivity index (χ3v) is 3.40. The summed E-state index contributed by atoms with van der Waals surface area (Å²) in [6.45, 7) is 10.1. The van der Waals surface area contributed by atoms with Gasteiger partial charge in [-0.15, -0.1) is 0 Å². The van der Waals surface area contributed by atoms with Crippen LogP contribution in [0, 0.1) is 6.92 Å². The van der Waals surface area contributed by atoms with Crippen molar-refractivity contribution in [1.29, 1.82) is 0 Å². The molecule has 0 bridgehead atoms. The highest BCUT2D eigenvalue weighted by atomic mass is 16.7. The van der Waals surface area contributed by atoms with E-state index in [0.717, 1.165) is 11.3 Å². The van der Waals surface area contributed by atoms with Crippen molar-refractivity contribution in [3.8, 4) is 0 Å². The highest BCUT2D eigenvalue weighted by Gasteiger charge is 2.52. The van der Waals surface area contributed by atoms with E-state index in [4.69, 9.17) is 9.31 Å². The molecule has 0 amide bonds. The first-order valence-electron chi connectivity index (χ1n) is 5.61. The van der Waals surface area contributed by atoms with Crippen molar-refractivity contribution in [2.24, 2.45) is 0 Å². The molecule has 0 unspecified atom stereocenters. The molecule has 86 valence electrons. The van der Waals surface area contributed by atoms with Crippen molar-refractivity contribution < 1.29 is 9.31 Å². The normalized spacial score (nSPS) is 22.4. The monoisotopic (exact) mass is 219 g/mol. The van der Waals surface area contributed by atoms with E-state index in [0.29, 0.717) is 0 Å². The molecule has 0 radical (unpaired) electrons. The number of hydrogen-bond donors (Lipinski definition) is 0. The molecule has 1 aliphatic rings. The van der Waals surface area contributed by atoms with Crippen molar-refractivity contribution in [1.82, 2.24) is 4.98 Å². The zero-order valence-electron chi connectivity index (χ0n) is 10.6. The smallest absolute Gasteiger partial charge is 0.398 e. The van der Waals surface area contributed by atoms with Gasteiger partial charge in [0.15, 0.2) is 0 Å². The molecule has 1 saturated heterocycles. The number of nitrogens with zero attached hydrogens (tertiary/aromatic N) is 1. The second kappa shape index (κ2) is 3.57. The second-order valence-electron chi connectivity index (χ2n) is 5.29. The molecule has 1 aromatic heterocycles. The zero-order chi connectivity index (χ0) is 12.0. The first-order valence-corrected chi connectivity index (χ1v) is 5.61. The van der Waals surface area contributed by atoms with Crippen LogP contribution in [0.15, 0.2) is 18.2 Å². The first kappa shape index (κ1) is 11.6. The molecule has 0 spiro atoms. The molecule has 3 nitrogen and oxygen atoms in total. The van der Waals surface area contributed by atoms with Gasteiger partial charge >= 0.3 is 7.12 Å². The van der Waals surface area contributed by atoms with Crippen molar-refractivity contribution in [2.45, 2.75) is 45.8 Å². The van der Waals surface area contributed by atoms with Crippen molar-refractivity contribution in [2.75, 3.05) is 0 Å². The number of aromatic nitrogens is 1. The molecule has 2 rings (SSSR count). The molecule has 0 N–H and O–H groups in total. The summed E-state index contributed by atoms with van der Waals surface area (Å²) in [6.07, 6.45) is 0. The summed E-state index contributed by atoms with van der Waals surface area (Å²) in [7, 11) is -0.357. The number of pyridine rings is 1. The van der Waals surface area contributed by atoms with Gasteiger partial charge < -0.3 is 9.31 Å². The minimum Gasteiger partial charge on any atom is -0.398 e. The van der Waals surface area contributed by atoms with Crippen LogP contribution in [0.4, 0.5) is 0 Å². The Kier molecular flexibility index (Phi) is 2.59. The molecular weight excluding hydrogens is 201 g/mol. The molecule has 1 aromatic rings. The largest absolute Gasteiger partial charge is 0.514 e.